The van der Waals surface area contributed by atoms with Gasteiger partial charge in [0.15, 0.2) is 17.0 Å². The molecular weight excluding hydrogens is 368 g/mol. The molecule has 3 aromatic rings. The van der Waals surface area contributed by atoms with E-state index in [0.29, 0.717) is 30.1 Å². The summed E-state index contributed by atoms with van der Waals surface area (Å²) in [6.45, 7) is 8.25. The van der Waals surface area contributed by atoms with Crippen LogP contribution in [0.15, 0.2) is 18.7 Å². The van der Waals surface area contributed by atoms with Crippen molar-refractivity contribution in [2.75, 3.05) is 18.4 Å². The van der Waals surface area contributed by atoms with Crippen LogP contribution in [0.2, 0.25) is 0 Å². The Bertz CT molecular complexity index is 1010. The lowest BCUT2D eigenvalue weighted by Crippen LogP contribution is -2.41. The molecule has 0 aromatic carbocycles. The number of hydrogen-bond acceptors (Lipinski definition) is 7. The Labute approximate surface area is 169 Å². The smallest absolute Gasteiger partial charge is 0.245 e. The van der Waals surface area contributed by atoms with Crippen LogP contribution in [0.5, 0.6) is 0 Å². The van der Waals surface area contributed by atoms with Crippen molar-refractivity contribution in [2.24, 2.45) is 0 Å². The van der Waals surface area contributed by atoms with Crippen LogP contribution < -0.4 is 5.32 Å². The fourth-order valence-corrected chi connectivity index (χ4v) is 3.73. The highest BCUT2D eigenvalue weighted by Crippen LogP contribution is 2.27. The van der Waals surface area contributed by atoms with Gasteiger partial charge in [-0.3, -0.25) is 4.79 Å². The Morgan fingerprint density at radius 1 is 1.14 bits per heavy atom. The first kappa shape index (κ1) is 19.2. The number of carbonyl (C=O) groups is 1. The number of nitrogens with zero attached hydrogens (tertiary/aromatic N) is 7. The molecule has 0 unspecified atom stereocenters. The van der Waals surface area contributed by atoms with Gasteiger partial charge in [-0.2, -0.15) is 0 Å². The van der Waals surface area contributed by atoms with Crippen molar-refractivity contribution in [3.05, 3.63) is 24.5 Å². The van der Waals surface area contributed by atoms with Crippen molar-refractivity contribution >= 4 is 22.9 Å². The van der Waals surface area contributed by atoms with Gasteiger partial charge in [0.25, 0.3) is 0 Å². The molecule has 29 heavy (non-hydrogen) atoms. The molecule has 4 rings (SSSR count). The van der Waals surface area contributed by atoms with Crippen molar-refractivity contribution in [1.29, 1.82) is 0 Å². The van der Waals surface area contributed by atoms with E-state index in [0.717, 1.165) is 43.0 Å². The molecular formula is C20H26N8O. The third kappa shape index (κ3) is 3.64. The van der Waals surface area contributed by atoms with E-state index in [1.165, 1.54) is 6.33 Å². The molecule has 4 heterocycles. The number of anilines is 1. The lowest BCUT2D eigenvalue weighted by molar-refractivity contribution is -0.131. The molecule has 152 valence electrons. The van der Waals surface area contributed by atoms with E-state index < -0.39 is 0 Å². The van der Waals surface area contributed by atoms with Crippen LogP contribution in [0.3, 0.4) is 0 Å². The number of amides is 1. The second-order valence-corrected chi connectivity index (χ2v) is 7.23. The van der Waals surface area contributed by atoms with E-state index in [1.54, 1.807) is 12.4 Å². The minimum absolute atomic E-state index is 0.124. The van der Waals surface area contributed by atoms with Crippen molar-refractivity contribution < 1.29 is 4.79 Å². The minimum atomic E-state index is -0.330. The highest BCUT2D eigenvalue weighted by Gasteiger charge is 2.27. The van der Waals surface area contributed by atoms with E-state index >= 15 is 0 Å². The Morgan fingerprint density at radius 3 is 2.52 bits per heavy atom. The number of aromatic nitrogens is 6. The maximum atomic E-state index is 12.9. The minimum Gasteiger partial charge on any atom is -0.356 e. The number of fused-ring (bicyclic) bond motifs is 1. The first-order valence-electron chi connectivity index (χ1n) is 10.2. The summed E-state index contributed by atoms with van der Waals surface area (Å²) in [5.41, 5.74) is 2.20. The van der Waals surface area contributed by atoms with Gasteiger partial charge in [0.1, 0.15) is 24.0 Å². The van der Waals surface area contributed by atoms with Gasteiger partial charge < -0.3 is 14.8 Å². The second kappa shape index (κ2) is 8.10. The van der Waals surface area contributed by atoms with Crippen LogP contribution in [-0.2, 0) is 11.3 Å². The number of imidazole rings is 1. The lowest BCUT2D eigenvalue weighted by Gasteiger charge is -2.23. The molecule has 1 fully saturated rings. The van der Waals surface area contributed by atoms with Crippen molar-refractivity contribution in [3.8, 4) is 11.4 Å². The summed E-state index contributed by atoms with van der Waals surface area (Å²) in [6.07, 6.45) is 7.87. The van der Waals surface area contributed by atoms with Gasteiger partial charge in [0.05, 0.1) is 5.56 Å². The number of rotatable bonds is 6. The first-order chi connectivity index (χ1) is 14.1. The third-order valence-electron chi connectivity index (χ3n) is 5.32. The summed E-state index contributed by atoms with van der Waals surface area (Å²) >= 11 is 0. The molecule has 1 aliphatic heterocycles. The van der Waals surface area contributed by atoms with Crippen LogP contribution in [-0.4, -0.2) is 59.4 Å². The van der Waals surface area contributed by atoms with Gasteiger partial charge in [-0.1, -0.05) is 6.92 Å². The fourth-order valence-electron chi connectivity index (χ4n) is 3.73. The fraction of sp³-hybridized carbons (Fsp3) is 0.500. The number of carbonyl (C=O) groups excluding carboxylic acids is 1. The number of likely N-dealkylation sites (tertiary alicyclic amines) is 1. The van der Waals surface area contributed by atoms with Crippen LogP contribution in [0.1, 0.15) is 38.9 Å². The largest absolute Gasteiger partial charge is 0.356 e. The molecule has 9 nitrogen and oxygen atoms in total. The van der Waals surface area contributed by atoms with E-state index in [1.807, 2.05) is 30.2 Å². The van der Waals surface area contributed by atoms with Crippen LogP contribution >= 0.6 is 0 Å². The zero-order valence-corrected chi connectivity index (χ0v) is 17.1. The highest BCUT2D eigenvalue weighted by atomic mass is 16.2. The zero-order chi connectivity index (χ0) is 20.4. The van der Waals surface area contributed by atoms with E-state index in [4.69, 9.17) is 4.98 Å². The van der Waals surface area contributed by atoms with E-state index in [9.17, 15) is 4.79 Å². The molecule has 1 saturated heterocycles. The standard InChI is InChI=1S/C20H26N8O/c1-4-15(20(29)27-8-6-7-9-27)25-17-16-19(24-12-23-17)28(5-2)18(26-16)14-10-21-13(3)22-11-14/h10-12,15H,4-9H2,1-3H3,(H,23,24,25)/t15-/m0/s1. The SMILES string of the molecule is CC[C@H](Nc1ncnc2c1nc(-c1cnc(C)nc1)n2CC)C(=O)N1CCCC1. The van der Waals surface area contributed by atoms with Gasteiger partial charge >= 0.3 is 0 Å². The molecule has 1 amide bonds. The molecule has 0 saturated carbocycles. The summed E-state index contributed by atoms with van der Waals surface area (Å²) < 4.78 is 2.01. The average Bonchev–Trinajstić information content (AvgIpc) is 3.40. The van der Waals surface area contributed by atoms with Gasteiger partial charge in [-0.25, -0.2) is 24.9 Å². The number of hydrogen-bond donors (Lipinski definition) is 1. The van der Waals surface area contributed by atoms with Gasteiger partial charge in [0.2, 0.25) is 5.91 Å². The predicted octanol–water partition coefficient (Wildman–Crippen LogP) is 2.42. The van der Waals surface area contributed by atoms with Crippen molar-refractivity contribution in [2.45, 2.75) is 52.6 Å². The van der Waals surface area contributed by atoms with Crippen molar-refractivity contribution in [1.82, 2.24) is 34.4 Å². The third-order valence-corrected chi connectivity index (χ3v) is 5.32. The topological polar surface area (TPSA) is 102 Å². The molecule has 9 heteroatoms. The maximum absolute atomic E-state index is 12.9. The van der Waals surface area contributed by atoms with Gasteiger partial charge in [0, 0.05) is 32.0 Å². The highest BCUT2D eigenvalue weighted by molar-refractivity contribution is 5.90. The molecule has 0 bridgehead atoms. The number of nitrogens with one attached hydrogen (secondary N) is 1. The monoisotopic (exact) mass is 394 g/mol. The van der Waals surface area contributed by atoms with Crippen LogP contribution in [0.4, 0.5) is 5.82 Å². The Hall–Kier alpha value is -3.10. The summed E-state index contributed by atoms with van der Waals surface area (Å²) in [5, 5.41) is 3.32. The number of aryl methyl sites for hydroxylation is 2. The Kier molecular flexibility index (Phi) is 5.37. The normalized spacial score (nSPS) is 15.1. The Balaban J connectivity index is 1.71. The lowest BCUT2D eigenvalue weighted by atomic mass is 10.2. The average molecular weight is 394 g/mol. The predicted molar refractivity (Wildman–Crippen MR) is 110 cm³/mol. The quantitative estimate of drug-likeness (QED) is 0.685. The first-order valence-corrected chi connectivity index (χ1v) is 10.2. The van der Waals surface area contributed by atoms with Crippen molar-refractivity contribution in [3.63, 3.8) is 0 Å². The molecule has 1 N–H and O–H groups in total. The summed E-state index contributed by atoms with van der Waals surface area (Å²) in [5.74, 6) is 2.15. The molecule has 3 aromatic heterocycles. The van der Waals surface area contributed by atoms with Gasteiger partial charge in [-0.05, 0) is 33.1 Å². The summed E-state index contributed by atoms with van der Waals surface area (Å²) in [4.78, 5) is 37.0. The molecule has 0 radical (unpaired) electrons. The summed E-state index contributed by atoms with van der Waals surface area (Å²) in [6, 6.07) is -0.330. The van der Waals surface area contributed by atoms with Crippen LogP contribution in [0.25, 0.3) is 22.6 Å². The Morgan fingerprint density at radius 2 is 1.86 bits per heavy atom. The molecule has 1 atom stereocenters. The summed E-state index contributed by atoms with van der Waals surface area (Å²) in [7, 11) is 0. The van der Waals surface area contributed by atoms with Crippen LogP contribution in [0, 0.1) is 6.92 Å². The molecule has 0 aliphatic carbocycles. The molecule has 0 spiro atoms. The maximum Gasteiger partial charge on any atom is 0.245 e. The van der Waals surface area contributed by atoms with E-state index in [2.05, 4.69) is 25.3 Å². The van der Waals surface area contributed by atoms with Gasteiger partial charge in [-0.15, -0.1) is 0 Å². The second-order valence-electron chi connectivity index (χ2n) is 7.23. The molecule has 1 aliphatic rings. The van der Waals surface area contributed by atoms with E-state index in [-0.39, 0.29) is 11.9 Å². The zero-order valence-electron chi connectivity index (χ0n) is 17.1.